The molecule has 2 amide bonds. The van der Waals surface area contributed by atoms with E-state index in [9.17, 15) is 29.8 Å². The van der Waals surface area contributed by atoms with Gasteiger partial charge in [-0.15, -0.1) is 0 Å². The van der Waals surface area contributed by atoms with Crippen molar-refractivity contribution in [2.45, 2.75) is 33.2 Å². The molecule has 0 saturated heterocycles. The molecule has 0 unspecified atom stereocenters. The topological polar surface area (TPSA) is 175 Å². The van der Waals surface area contributed by atoms with Gasteiger partial charge >= 0.3 is 0 Å². The molecule has 1 aliphatic rings. The summed E-state index contributed by atoms with van der Waals surface area (Å²) in [6.45, 7) is 5.63. The van der Waals surface area contributed by atoms with Crippen LogP contribution >= 0.6 is 0 Å². The molecule has 0 aromatic heterocycles. The number of hydrogen-bond donors (Lipinski definition) is 2. The first-order valence-corrected chi connectivity index (χ1v) is 10.5. The zero-order valence-electron chi connectivity index (χ0n) is 19.1. The normalized spacial score (nSPS) is 13.0. The smallest absolute Gasteiger partial charge is 0.277 e. The molecule has 2 N–H and O–H groups in total. The highest BCUT2D eigenvalue weighted by atomic mass is 16.7. The second-order valence-corrected chi connectivity index (χ2v) is 8.20. The maximum Gasteiger partial charge on any atom is 0.277 e. The summed E-state index contributed by atoms with van der Waals surface area (Å²) in [5.41, 5.74) is 2.36. The van der Waals surface area contributed by atoms with Crippen LogP contribution in [0.15, 0.2) is 35.4 Å². The van der Waals surface area contributed by atoms with Crippen LogP contribution in [-0.2, 0) is 4.79 Å². The molecule has 0 bridgehead atoms. The van der Waals surface area contributed by atoms with Crippen molar-refractivity contribution in [3.8, 4) is 11.5 Å². The average Bonchev–Trinajstić information content (AvgIpc) is 3.24. The van der Waals surface area contributed by atoms with Crippen molar-refractivity contribution < 1.29 is 28.9 Å². The number of non-ortho nitro benzene ring substituents is 2. The standard InChI is InChI=1S/C22H23N5O8/c1-12(2)4-18(24-21(28)14-6-16(26(30)31)9-17(7-14)27(32)33)22(29)25-23-10-15-8-20-19(5-13(15)3)34-11-35-20/h5-10,12,18H,4,11H2,1-3H3,(H,24,28)(H,25,29)/b23-10-/t18-/m1/s1. The number of carbonyl (C=O) groups excluding carboxylic acids is 2. The van der Waals surface area contributed by atoms with E-state index in [2.05, 4.69) is 15.8 Å². The van der Waals surface area contributed by atoms with E-state index in [1.54, 1.807) is 12.1 Å². The molecule has 1 aliphatic heterocycles. The van der Waals surface area contributed by atoms with Crippen molar-refractivity contribution in [1.29, 1.82) is 0 Å². The van der Waals surface area contributed by atoms with Gasteiger partial charge in [-0.05, 0) is 37.0 Å². The lowest BCUT2D eigenvalue weighted by atomic mass is 10.0. The molecule has 2 aromatic carbocycles. The molecule has 0 saturated carbocycles. The molecule has 184 valence electrons. The number of amides is 2. The SMILES string of the molecule is Cc1cc2c(cc1/C=N\NC(=O)[C@@H](CC(C)C)NC(=O)c1cc([N+](=O)[O-])cc([N+](=O)[O-])c1)OCO2. The maximum atomic E-state index is 12.8. The number of fused-ring (bicyclic) bond motifs is 1. The van der Waals surface area contributed by atoms with Crippen molar-refractivity contribution >= 4 is 29.4 Å². The van der Waals surface area contributed by atoms with E-state index in [1.807, 2.05) is 20.8 Å². The van der Waals surface area contributed by atoms with Gasteiger partial charge in [-0.3, -0.25) is 29.8 Å². The summed E-state index contributed by atoms with van der Waals surface area (Å²) in [5.74, 6) is -0.329. The molecule has 35 heavy (non-hydrogen) atoms. The number of hydrogen-bond acceptors (Lipinski definition) is 9. The quantitative estimate of drug-likeness (QED) is 0.309. The van der Waals surface area contributed by atoms with Crippen LogP contribution in [0, 0.1) is 33.1 Å². The summed E-state index contributed by atoms with van der Waals surface area (Å²) in [6.07, 6.45) is 1.65. The Kier molecular flexibility index (Phi) is 7.59. The first kappa shape index (κ1) is 25.1. The predicted molar refractivity (Wildman–Crippen MR) is 123 cm³/mol. The van der Waals surface area contributed by atoms with E-state index in [1.165, 1.54) is 6.21 Å². The number of nitrogens with one attached hydrogen (secondary N) is 2. The van der Waals surface area contributed by atoms with Gasteiger partial charge in [0.15, 0.2) is 11.5 Å². The van der Waals surface area contributed by atoms with Crippen molar-refractivity contribution in [2.24, 2.45) is 11.0 Å². The second-order valence-electron chi connectivity index (χ2n) is 8.20. The molecule has 13 nitrogen and oxygen atoms in total. The summed E-state index contributed by atoms with van der Waals surface area (Å²) in [4.78, 5) is 46.0. The fraction of sp³-hybridized carbons (Fsp3) is 0.318. The number of nitro groups is 2. The highest BCUT2D eigenvalue weighted by Crippen LogP contribution is 2.34. The van der Waals surface area contributed by atoms with E-state index in [-0.39, 0.29) is 24.7 Å². The Morgan fingerprint density at radius 2 is 1.66 bits per heavy atom. The van der Waals surface area contributed by atoms with Gasteiger partial charge in [0.25, 0.3) is 23.2 Å². The molecule has 1 heterocycles. The predicted octanol–water partition coefficient (Wildman–Crippen LogP) is 2.83. The number of rotatable bonds is 9. The van der Waals surface area contributed by atoms with Crippen LogP contribution < -0.4 is 20.2 Å². The summed E-state index contributed by atoms with van der Waals surface area (Å²) < 4.78 is 10.6. The van der Waals surface area contributed by atoms with Crippen LogP contribution in [0.25, 0.3) is 0 Å². The summed E-state index contributed by atoms with van der Waals surface area (Å²) >= 11 is 0. The zero-order chi connectivity index (χ0) is 25.7. The van der Waals surface area contributed by atoms with Gasteiger partial charge in [0.05, 0.1) is 27.7 Å². The van der Waals surface area contributed by atoms with Crippen LogP contribution in [0.3, 0.4) is 0 Å². The molecular weight excluding hydrogens is 462 g/mol. The van der Waals surface area contributed by atoms with Crippen molar-refractivity contribution in [3.63, 3.8) is 0 Å². The lowest BCUT2D eigenvalue weighted by molar-refractivity contribution is -0.394. The number of nitro benzene ring substituents is 2. The van der Waals surface area contributed by atoms with Crippen LogP contribution in [0.5, 0.6) is 11.5 Å². The molecular formula is C22H23N5O8. The third-order valence-electron chi connectivity index (χ3n) is 5.05. The highest BCUT2D eigenvalue weighted by Gasteiger charge is 2.25. The van der Waals surface area contributed by atoms with Gasteiger partial charge < -0.3 is 14.8 Å². The first-order chi connectivity index (χ1) is 16.5. The Morgan fingerprint density at radius 3 is 2.23 bits per heavy atom. The van der Waals surface area contributed by atoms with Crippen LogP contribution in [0.1, 0.15) is 41.8 Å². The van der Waals surface area contributed by atoms with Gasteiger partial charge in [-0.1, -0.05) is 13.8 Å². The highest BCUT2D eigenvalue weighted by molar-refractivity contribution is 5.98. The Morgan fingerprint density at radius 1 is 1.06 bits per heavy atom. The number of carbonyl (C=O) groups is 2. The van der Waals surface area contributed by atoms with Gasteiger partial charge in [-0.2, -0.15) is 5.10 Å². The number of nitrogens with zero attached hydrogens (tertiary/aromatic N) is 3. The van der Waals surface area contributed by atoms with Crippen LogP contribution in [0.4, 0.5) is 11.4 Å². The number of benzene rings is 2. The number of ether oxygens (including phenoxy) is 2. The van der Waals surface area contributed by atoms with Gasteiger partial charge in [0.2, 0.25) is 6.79 Å². The van der Waals surface area contributed by atoms with Gasteiger partial charge in [0.1, 0.15) is 6.04 Å². The van der Waals surface area contributed by atoms with E-state index < -0.39 is 39.1 Å². The van der Waals surface area contributed by atoms with Gasteiger partial charge in [0, 0.05) is 17.7 Å². The van der Waals surface area contributed by atoms with Crippen molar-refractivity contribution in [1.82, 2.24) is 10.7 Å². The Balaban J connectivity index is 1.75. The van der Waals surface area contributed by atoms with Gasteiger partial charge in [-0.25, -0.2) is 5.43 Å². The first-order valence-electron chi connectivity index (χ1n) is 10.5. The fourth-order valence-corrected chi connectivity index (χ4v) is 3.32. The molecule has 0 aliphatic carbocycles. The molecule has 1 atom stereocenters. The second kappa shape index (κ2) is 10.6. The molecule has 3 rings (SSSR count). The summed E-state index contributed by atoms with van der Waals surface area (Å²) in [6, 6.07) is 5.03. The van der Waals surface area contributed by atoms with E-state index in [0.717, 1.165) is 23.8 Å². The maximum absolute atomic E-state index is 12.8. The minimum atomic E-state index is -1.05. The lowest BCUT2D eigenvalue weighted by Crippen LogP contribution is -2.46. The van der Waals surface area contributed by atoms with E-state index in [0.29, 0.717) is 17.1 Å². The van der Waals surface area contributed by atoms with Crippen molar-refractivity contribution in [2.75, 3.05) is 6.79 Å². The monoisotopic (exact) mass is 485 g/mol. The van der Waals surface area contributed by atoms with Crippen molar-refractivity contribution in [3.05, 3.63) is 67.3 Å². The largest absolute Gasteiger partial charge is 0.454 e. The third-order valence-corrected chi connectivity index (χ3v) is 5.05. The molecule has 2 aromatic rings. The van der Waals surface area contributed by atoms with E-state index >= 15 is 0 Å². The summed E-state index contributed by atoms with van der Waals surface area (Å²) in [7, 11) is 0. The minimum absolute atomic E-state index is 0.00872. The third kappa shape index (κ3) is 6.28. The zero-order valence-corrected chi connectivity index (χ0v) is 19.1. The molecule has 13 heteroatoms. The fourth-order valence-electron chi connectivity index (χ4n) is 3.32. The average molecular weight is 485 g/mol. The Hall–Kier alpha value is -4.55. The lowest BCUT2D eigenvalue weighted by Gasteiger charge is -2.19. The Labute approximate surface area is 199 Å². The molecule has 0 radical (unpaired) electrons. The molecule has 0 spiro atoms. The van der Waals surface area contributed by atoms with Crippen LogP contribution in [-0.4, -0.2) is 40.7 Å². The number of aryl methyl sites for hydroxylation is 1. The van der Waals surface area contributed by atoms with Crippen LogP contribution in [0.2, 0.25) is 0 Å². The van der Waals surface area contributed by atoms with E-state index in [4.69, 9.17) is 9.47 Å². The Bertz CT molecular complexity index is 1180. The minimum Gasteiger partial charge on any atom is -0.454 e. The molecule has 0 fully saturated rings. The number of hydrazone groups is 1. The summed E-state index contributed by atoms with van der Waals surface area (Å²) in [5, 5.41) is 28.7.